The van der Waals surface area contributed by atoms with Gasteiger partial charge in [0.1, 0.15) is 17.0 Å². The predicted octanol–water partition coefficient (Wildman–Crippen LogP) is 4.07. The Bertz CT molecular complexity index is 570. The third kappa shape index (κ3) is 3.35. The van der Waals surface area contributed by atoms with Crippen LogP contribution in [-0.4, -0.2) is 12.1 Å². The molecule has 98 valence electrons. The van der Waals surface area contributed by atoms with Gasteiger partial charge in [-0.1, -0.05) is 43.0 Å². The van der Waals surface area contributed by atoms with Gasteiger partial charge in [0, 0.05) is 6.07 Å². The molecule has 0 aliphatic heterocycles. The number of nitrogens with zero attached hydrogens (tertiary/aromatic N) is 1. The lowest BCUT2D eigenvalue weighted by molar-refractivity contribution is 0.301. The largest absolute Gasteiger partial charge is 0.488 e. The van der Waals surface area contributed by atoms with Crippen LogP contribution >= 0.6 is 15.9 Å². The molecule has 0 saturated heterocycles. The quantitative estimate of drug-likeness (QED) is 0.778. The summed E-state index contributed by atoms with van der Waals surface area (Å²) < 4.78 is 11.7. The van der Waals surface area contributed by atoms with E-state index < -0.39 is 0 Å². The highest BCUT2D eigenvalue weighted by Gasteiger charge is 2.11. The number of hydrogen-bond donors (Lipinski definition) is 0. The average Bonchev–Trinajstić information content (AvgIpc) is 2.45. The molecule has 4 heteroatoms. The maximum absolute atomic E-state index is 5.82. The molecule has 0 N–H and O–H groups in total. The molecule has 1 heterocycles. The summed E-state index contributed by atoms with van der Waals surface area (Å²) in [7, 11) is 1.57. The van der Waals surface area contributed by atoms with E-state index in [0.717, 1.165) is 11.1 Å². The number of ether oxygens (including phenoxy) is 2. The highest BCUT2D eigenvalue weighted by Crippen LogP contribution is 2.31. The minimum Gasteiger partial charge on any atom is -0.488 e. The Hall–Kier alpha value is -1.81. The molecule has 2 rings (SSSR count). The van der Waals surface area contributed by atoms with Crippen LogP contribution in [0.5, 0.6) is 11.6 Å². The first-order valence-electron chi connectivity index (χ1n) is 5.78. The van der Waals surface area contributed by atoms with Crippen molar-refractivity contribution in [2.75, 3.05) is 7.11 Å². The molecule has 0 aliphatic carbocycles. The van der Waals surface area contributed by atoms with E-state index in [1.807, 2.05) is 36.4 Å². The van der Waals surface area contributed by atoms with Crippen molar-refractivity contribution in [3.63, 3.8) is 0 Å². The molecule has 0 atom stereocenters. The monoisotopic (exact) mass is 319 g/mol. The van der Waals surface area contributed by atoms with Gasteiger partial charge in [-0.2, -0.15) is 0 Å². The Morgan fingerprint density at radius 1 is 1.32 bits per heavy atom. The van der Waals surface area contributed by atoms with Crippen LogP contribution in [0.4, 0.5) is 0 Å². The van der Waals surface area contributed by atoms with Crippen molar-refractivity contribution in [1.82, 2.24) is 4.98 Å². The number of halogens is 1. The van der Waals surface area contributed by atoms with Gasteiger partial charge in [-0.3, -0.25) is 0 Å². The highest BCUT2D eigenvalue weighted by molar-refractivity contribution is 9.10. The lowest BCUT2D eigenvalue weighted by atomic mass is 10.2. The van der Waals surface area contributed by atoms with Crippen molar-refractivity contribution >= 4 is 22.0 Å². The van der Waals surface area contributed by atoms with Crippen LogP contribution in [0, 0.1) is 0 Å². The molecule has 0 saturated carbocycles. The number of rotatable bonds is 5. The molecule has 2 aromatic rings. The van der Waals surface area contributed by atoms with E-state index in [0.29, 0.717) is 22.8 Å². The molecule has 19 heavy (non-hydrogen) atoms. The zero-order chi connectivity index (χ0) is 13.7. The minimum atomic E-state index is 0.487. The van der Waals surface area contributed by atoms with Crippen molar-refractivity contribution in [2.24, 2.45) is 0 Å². The summed E-state index contributed by atoms with van der Waals surface area (Å²) in [6.07, 6.45) is 1.68. The number of pyridine rings is 1. The van der Waals surface area contributed by atoms with Gasteiger partial charge in [0.2, 0.25) is 5.88 Å². The third-order valence-electron chi connectivity index (χ3n) is 2.59. The number of methoxy groups -OCH3 is 1. The van der Waals surface area contributed by atoms with Gasteiger partial charge in [-0.05, 0) is 21.5 Å². The van der Waals surface area contributed by atoms with Gasteiger partial charge in [0.15, 0.2) is 0 Å². The van der Waals surface area contributed by atoms with E-state index in [9.17, 15) is 0 Å². The lowest BCUT2D eigenvalue weighted by Gasteiger charge is -2.12. The summed E-state index contributed by atoms with van der Waals surface area (Å²) in [6.45, 7) is 4.26. The summed E-state index contributed by atoms with van der Waals surface area (Å²) in [5.41, 5.74) is 1.85. The average molecular weight is 320 g/mol. The van der Waals surface area contributed by atoms with Crippen LogP contribution in [-0.2, 0) is 6.61 Å². The maximum Gasteiger partial charge on any atom is 0.225 e. The van der Waals surface area contributed by atoms with Crippen molar-refractivity contribution in [2.45, 2.75) is 6.61 Å². The Labute approximate surface area is 121 Å². The van der Waals surface area contributed by atoms with Crippen molar-refractivity contribution in [3.05, 3.63) is 58.7 Å². The summed E-state index contributed by atoms with van der Waals surface area (Å²) >= 11 is 3.34. The Morgan fingerprint density at radius 2 is 2.05 bits per heavy atom. The van der Waals surface area contributed by atoms with E-state index in [-0.39, 0.29) is 0 Å². The fraction of sp³-hybridized carbons (Fsp3) is 0.133. The molecule has 0 fully saturated rings. The topological polar surface area (TPSA) is 31.4 Å². The fourth-order valence-corrected chi connectivity index (χ4v) is 2.05. The second-order valence-electron chi connectivity index (χ2n) is 3.84. The number of hydrogen-bond acceptors (Lipinski definition) is 3. The third-order valence-corrected chi connectivity index (χ3v) is 3.00. The van der Waals surface area contributed by atoms with Crippen molar-refractivity contribution in [3.8, 4) is 11.6 Å². The summed E-state index contributed by atoms with van der Waals surface area (Å²) in [5, 5.41) is 0. The van der Waals surface area contributed by atoms with Crippen LogP contribution in [0.15, 0.2) is 47.6 Å². The van der Waals surface area contributed by atoms with Crippen LogP contribution in [0.2, 0.25) is 0 Å². The Balaban J connectivity index is 2.24. The van der Waals surface area contributed by atoms with Gasteiger partial charge in [-0.25, -0.2) is 4.98 Å². The molecular weight excluding hydrogens is 306 g/mol. The van der Waals surface area contributed by atoms with Gasteiger partial charge < -0.3 is 9.47 Å². The molecule has 1 aromatic heterocycles. The molecule has 0 radical (unpaired) electrons. The van der Waals surface area contributed by atoms with Crippen LogP contribution in [0.3, 0.4) is 0 Å². The van der Waals surface area contributed by atoms with Crippen LogP contribution < -0.4 is 9.47 Å². The molecule has 0 unspecified atom stereocenters. The fourth-order valence-electron chi connectivity index (χ4n) is 1.68. The zero-order valence-corrected chi connectivity index (χ0v) is 12.2. The molecular formula is C15H14BrNO2. The standard InChI is InChI=1S/C15H14BrNO2/c1-3-12-13(9-14(16)17-15(12)18-2)19-10-11-7-5-4-6-8-11/h3-9H,1,10H2,2H3. The molecule has 1 aromatic carbocycles. The summed E-state index contributed by atoms with van der Waals surface area (Å²) in [6, 6.07) is 11.8. The number of benzene rings is 1. The highest BCUT2D eigenvalue weighted by atomic mass is 79.9. The normalized spacial score (nSPS) is 10.0. The Morgan fingerprint density at radius 3 is 2.68 bits per heavy atom. The smallest absolute Gasteiger partial charge is 0.225 e. The zero-order valence-electron chi connectivity index (χ0n) is 10.6. The van der Waals surface area contributed by atoms with Crippen LogP contribution in [0.25, 0.3) is 6.08 Å². The lowest BCUT2D eigenvalue weighted by Crippen LogP contribution is -2.00. The SMILES string of the molecule is C=Cc1c(OCc2ccccc2)cc(Br)nc1OC. The van der Waals surface area contributed by atoms with Crippen LogP contribution in [0.1, 0.15) is 11.1 Å². The second kappa shape index (κ2) is 6.38. The maximum atomic E-state index is 5.82. The Kier molecular flexibility index (Phi) is 4.58. The molecule has 0 aliphatic rings. The van der Waals surface area contributed by atoms with E-state index in [1.165, 1.54) is 0 Å². The van der Waals surface area contributed by atoms with Gasteiger partial charge >= 0.3 is 0 Å². The molecule has 0 amide bonds. The minimum absolute atomic E-state index is 0.487. The van der Waals surface area contributed by atoms with E-state index in [4.69, 9.17) is 9.47 Å². The second-order valence-corrected chi connectivity index (χ2v) is 4.66. The number of aromatic nitrogens is 1. The van der Waals surface area contributed by atoms with Crippen molar-refractivity contribution < 1.29 is 9.47 Å². The van der Waals surface area contributed by atoms with E-state index >= 15 is 0 Å². The molecule has 0 spiro atoms. The molecule has 0 bridgehead atoms. The van der Waals surface area contributed by atoms with E-state index in [1.54, 1.807) is 13.2 Å². The van der Waals surface area contributed by atoms with Gasteiger partial charge in [0.05, 0.1) is 12.7 Å². The predicted molar refractivity (Wildman–Crippen MR) is 79.4 cm³/mol. The first kappa shape index (κ1) is 13.6. The van der Waals surface area contributed by atoms with E-state index in [2.05, 4.69) is 27.5 Å². The first-order chi connectivity index (χ1) is 9.24. The first-order valence-corrected chi connectivity index (χ1v) is 6.57. The van der Waals surface area contributed by atoms with Crippen molar-refractivity contribution in [1.29, 1.82) is 0 Å². The van der Waals surface area contributed by atoms with Gasteiger partial charge in [-0.15, -0.1) is 0 Å². The van der Waals surface area contributed by atoms with Gasteiger partial charge in [0.25, 0.3) is 0 Å². The summed E-state index contributed by atoms with van der Waals surface area (Å²) in [5.74, 6) is 1.19. The molecule has 3 nitrogen and oxygen atoms in total. The summed E-state index contributed by atoms with van der Waals surface area (Å²) in [4.78, 5) is 4.22.